The smallest absolute Gasteiger partial charge is 0.146 e. The summed E-state index contributed by atoms with van der Waals surface area (Å²) in [6, 6.07) is 0.908. The Balaban J connectivity index is 3.80. The van der Waals surface area contributed by atoms with Gasteiger partial charge in [-0.15, -0.1) is 22.2 Å². The van der Waals surface area contributed by atoms with E-state index in [0.29, 0.717) is 5.92 Å². The van der Waals surface area contributed by atoms with E-state index < -0.39 is 6.69 Å². The van der Waals surface area contributed by atoms with Crippen LogP contribution in [0.4, 0.5) is 0 Å². The lowest BCUT2D eigenvalue weighted by Gasteiger charge is -2.16. The summed E-state index contributed by atoms with van der Waals surface area (Å²) < 4.78 is 0. The molecule has 0 aliphatic carbocycles. The highest BCUT2D eigenvalue weighted by Gasteiger charge is 2.23. The van der Waals surface area contributed by atoms with Gasteiger partial charge in [-0.1, -0.05) is 19.1 Å². The van der Waals surface area contributed by atoms with Crippen molar-refractivity contribution in [2.75, 3.05) is 0 Å². The largest absolute Gasteiger partial charge is 0.248 e. The van der Waals surface area contributed by atoms with Gasteiger partial charge in [0.25, 0.3) is 0 Å². The summed E-state index contributed by atoms with van der Waals surface area (Å²) in [6.07, 6.45) is 0. The fourth-order valence-electron chi connectivity index (χ4n) is 0.712. The molecule has 0 aromatic rings. The molecule has 3 heteroatoms. The summed E-state index contributed by atoms with van der Waals surface area (Å²) in [5.74, 6) is 0.465. The van der Waals surface area contributed by atoms with Crippen molar-refractivity contribution in [3.8, 4) is 0 Å². The van der Waals surface area contributed by atoms with E-state index in [2.05, 4.69) is 13.5 Å². The normalized spacial score (nSPS) is 14.9. The SMILES string of the molecule is C=C(C)C(C)C[Si](C)(Cl)Cl. The molecule has 0 saturated carbocycles. The van der Waals surface area contributed by atoms with Crippen molar-refractivity contribution in [2.24, 2.45) is 5.92 Å². The molecular weight excluding hydrogens is 183 g/mol. The summed E-state index contributed by atoms with van der Waals surface area (Å²) >= 11 is 11.9. The number of rotatable bonds is 3. The van der Waals surface area contributed by atoms with Gasteiger partial charge in [0.15, 0.2) is 0 Å². The van der Waals surface area contributed by atoms with Gasteiger partial charge in [0.05, 0.1) is 0 Å². The third-order valence-corrected chi connectivity index (χ3v) is 3.76. The van der Waals surface area contributed by atoms with E-state index in [1.54, 1.807) is 0 Å². The lowest BCUT2D eigenvalue weighted by molar-refractivity contribution is 0.764. The van der Waals surface area contributed by atoms with Crippen LogP contribution in [0.1, 0.15) is 13.8 Å². The quantitative estimate of drug-likeness (QED) is 0.367. The molecule has 0 nitrogen and oxygen atoms in total. The molecule has 0 bridgehead atoms. The van der Waals surface area contributed by atoms with Crippen LogP contribution in [0.15, 0.2) is 12.2 Å². The minimum Gasteiger partial charge on any atom is -0.146 e. The molecule has 1 atom stereocenters. The lowest BCUT2D eigenvalue weighted by Crippen LogP contribution is -2.17. The summed E-state index contributed by atoms with van der Waals surface area (Å²) in [7, 11) is 0. The zero-order valence-electron chi connectivity index (χ0n) is 6.75. The van der Waals surface area contributed by atoms with E-state index in [-0.39, 0.29) is 0 Å². The third kappa shape index (κ3) is 5.33. The Bertz CT molecular complexity index is 126. The van der Waals surface area contributed by atoms with Gasteiger partial charge in [-0.25, -0.2) is 0 Å². The Morgan fingerprint density at radius 3 is 2.10 bits per heavy atom. The average molecular weight is 197 g/mol. The van der Waals surface area contributed by atoms with Crippen molar-refractivity contribution in [1.29, 1.82) is 0 Å². The van der Waals surface area contributed by atoms with Gasteiger partial charge in [-0.2, -0.15) is 0 Å². The molecule has 0 amide bonds. The van der Waals surface area contributed by atoms with Gasteiger partial charge >= 0.3 is 0 Å². The number of allylic oxidation sites excluding steroid dienone is 1. The van der Waals surface area contributed by atoms with Crippen LogP contribution in [-0.2, 0) is 0 Å². The summed E-state index contributed by atoms with van der Waals surface area (Å²) in [5, 5.41) is 0. The van der Waals surface area contributed by atoms with Crippen molar-refractivity contribution >= 4 is 28.9 Å². The van der Waals surface area contributed by atoms with Gasteiger partial charge in [0, 0.05) is 0 Å². The van der Waals surface area contributed by atoms with E-state index in [0.717, 1.165) is 6.04 Å². The van der Waals surface area contributed by atoms with Crippen LogP contribution in [0.3, 0.4) is 0 Å². The molecule has 0 spiro atoms. The maximum atomic E-state index is 5.94. The minimum absolute atomic E-state index is 0.465. The Hall–Kier alpha value is 0.537. The molecule has 0 aromatic heterocycles. The van der Waals surface area contributed by atoms with Crippen molar-refractivity contribution in [3.63, 3.8) is 0 Å². The first-order valence-corrected chi connectivity index (χ1v) is 8.09. The van der Waals surface area contributed by atoms with Crippen molar-refractivity contribution in [3.05, 3.63) is 12.2 Å². The second-order valence-electron chi connectivity index (χ2n) is 3.02. The van der Waals surface area contributed by atoms with Gasteiger partial charge in [0.1, 0.15) is 0 Å². The van der Waals surface area contributed by atoms with Gasteiger partial charge in [0.2, 0.25) is 6.69 Å². The zero-order chi connectivity index (χ0) is 8.36. The highest BCUT2D eigenvalue weighted by Crippen LogP contribution is 2.27. The Kier molecular flexibility index (Phi) is 4.00. The topological polar surface area (TPSA) is 0 Å². The number of halogens is 2. The third-order valence-electron chi connectivity index (χ3n) is 1.51. The van der Waals surface area contributed by atoms with Crippen LogP contribution in [0.2, 0.25) is 12.6 Å². The molecular formula is C7H14Cl2Si. The molecule has 0 aliphatic heterocycles. The number of hydrogen-bond acceptors (Lipinski definition) is 0. The van der Waals surface area contributed by atoms with Crippen molar-refractivity contribution in [2.45, 2.75) is 26.4 Å². The fourth-order valence-corrected chi connectivity index (χ4v) is 3.52. The molecule has 60 valence electrons. The summed E-state index contributed by atoms with van der Waals surface area (Å²) in [4.78, 5) is 0. The first kappa shape index (κ1) is 10.5. The van der Waals surface area contributed by atoms with E-state index >= 15 is 0 Å². The second-order valence-corrected chi connectivity index (χ2v) is 11.2. The molecule has 0 N–H and O–H groups in total. The molecule has 0 heterocycles. The monoisotopic (exact) mass is 196 g/mol. The van der Waals surface area contributed by atoms with Gasteiger partial charge in [-0.05, 0) is 25.4 Å². The van der Waals surface area contributed by atoms with Crippen LogP contribution in [-0.4, -0.2) is 6.69 Å². The lowest BCUT2D eigenvalue weighted by atomic mass is 10.1. The van der Waals surface area contributed by atoms with Crippen LogP contribution >= 0.6 is 22.2 Å². The average Bonchev–Trinajstić information content (AvgIpc) is 1.60. The van der Waals surface area contributed by atoms with E-state index in [4.69, 9.17) is 22.2 Å². The van der Waals surface area contributed by atoms with E-state index in [1.165, 1.54) is 5.57 Å². The summed E-state index contributed by atoms with van der Waals surface area (Å²) in [5.41, 5.74) is 1.17. The second kappa shape index (κ2) is 3.79. The molecule has 0 aromatic carbocycles. The van der Waals surface area contributed by atoms with E-state index in [9.17, 15) is 0 Å². The maximum absolute atomic E-state index is 5.94. The molecule has 1 unspecified atom stereocenters. The fraction of sp³-hybridized carbons (Fsp3) is 0.714. The van der Waals surface area contributed by atoms with Crippen molar-refractivity contribution in [1.82, 2.24) is 0 Å². The minimum atomic E-state index is -1.90. The Morgan fingerprint density at radius 1 is 1.60 bits per heavy atom. The Morgan fingerprint density at radius 2 is 2.00 bits per heavy atom. The van der Waals surface area contributed by atoms with Gasteiger partial charge < -0.3 is 0 Å². The maximum Gasteiger partial charge on any atom is 0.248 e. The van der Waals surface area contributed by atoms with Gasteiger partial charge in [-0.3, -0.25) is 0 Å². The van der Waals surface area contributed by atoms with Crippen LogP contribution in [0.25, 0.3) is 0 Å². The highest BCUT2D eigenvalue weighted by atomic mass is 35.7. The Labute approximate surface area is 73.6 Å². The highest BCUT2D eigenvalue weighted by molar-refractivity contribution is 7.44. The van der Waals surface area contributed by atoms with Crippen molar-refractivity contribution < 1.29 is 0 Å². The predicted molar refractivity (Wildman–Crippen MR) is 52.1 cm³/mol. The molecule has 0 aliphatic rings. The molecule has 0 saturated heterocycles. The van der Waals surface area contributed by atoms with E-state index in [1.807, 2.05) is 13.5 Å². The van der Waals surface area contributed by atoms with Crippen LogP contribution in [0, 0.1) is 5.92 Å². The first-order chi connectivity index (χ1) is 4.33. The zero-order valence-corrected chi connectivity index (χ0v) is 9.26. The molecule has 0 rings (SSSR count). The predicted octanol–water partition coefficient (Wildman–Crippen LogP) is 3.75. The standard InChI is InChI=1S/C7H14Cl2Si/c1-6(2)7(3)5-10(4,8)9/h7H,1,5H2,2-4H3. The summed E-state index contributed by atoms with van der Waals surface area (Å²) in [6.45, 7) is 8.01. The molecule has 0 radical (unpaired) electrons. The van der Waals surface area contributed by atoms with Crippen LogP contribution in [0.5, 0.6) is 0 Å². The first-order valence-electron chi connectivity index (χ1n) is 3.36. The number of hydrogen-bond donors (Lipinski definition) is 0. The van der Waals surface area contributed by atoms with Crippen LogP contribution < -0.4 is 0 Å². The molecule has 0 fully saturated rings. The molecule has 10 heavy (non-hydrogen) atoms.